The fraction of sp³-hybridized carbons (Fsp3) is 0.462. The molecular formula is C13H17NO3. The molecule has 17 heavy (non-hydrogen) atoms. The second kappa shape index (κ2) is 5.68. The summed E-state index contributed by atoms with van der Waals surface area (Å²) in [5.41, 5.74) is 0.613. The third-order valence-corrected chi connectivity index (χ3v) is 2.85. The second-order valence-electron chi connectivity index (χ2n) is 4.08. The van der Waals surface area contributed by atoms with E-state index in [0.29, 0.717) is 17.9 Å². The molecule has 0 saturated carbocycles. The van der Waals surface area contributed by atoms with E-state index in [1.807, 2.05) is 6.07 Å². The summed E-state index contributed by atoms with van der Waals surface area (Å²) in [5.74, 6) is 0.606. The molecule has 1 saturated heterocycles. The normalized spacial score (nSPS) is 19.0. The Bertz CT molecular complexity index is 386. The summed E-state index contributed by atoms with van der Waals surface area (Å²) in [6, 6.07) is 7.12. The molecule has 1 aromatic carbocycles. The zero-order chi connectivity index (χ0) is 12.1. The maximum Gasteiger partial charge on any atom is 0.251 e. The van der Waals surface area contributed by atoms with Crippen molar-refractivity contribution in [1.82, 2.24) is 5.32 Å². The lowest BCUT2D eigenvalue weighted by Gasteiger charge is -2.11. The number of hydrogen-bond donors (Lipinski definition) is 1. The number of methoxy groups -OCH3 is 1. The Labute approximate surface area is 101 Å². The van der Waals surface area contributed by atoms with E-state index in [-0.39, 0.29) is 12.0 Å². The molecule has 1 heterocycles. The summed E-state index contributed by atoms with van der Waals surface area (Å²) in [6.07, 6.45) is 2.28. The molecule has 2 rings (SSSR count). The summed E-state index contributed by atoms with van der Waals surface area (Å²) >= 11 is 0. The minimum absolute atomic E-state index is 0.0839. The maximum atomic E-state index is 11.8. The van der Waals surface area contributed by atoms with Crippen LogP contribution in [0.5, 0.6) is 5.75 Å². The van der Waals surface area contributed by atoms with Gasteiger partial charge in [-0.25, -0.2) is 0 Å². The van der Waals surface area contributed by atoms with E-state index in [1.54, 1.807) is 25.3 Å². The van der Waals surface area contributed by atoms with E-state index in [4.69, 9.17) is 9.47 Å². The van der Waals surface area contributed by atoms with E-state index >= 15 is 0 Å². The van der Waals surface area contributed by atoms with Gasteiger partial charge in [-0.2, -0.15) is 0 Å². The average molecular weight is 235 g/mol. The molecule has 0 aliphatic carbocycles. The predicted octanol–water partition coefficient (Wildman–Crippen LogP) is 1.60. The Balaban J connectivity index is 1.89. The molecule has 92 valence electrons. The van der Waals surface area contributed by atoms with Crippen molar-refractivity contribution >= 4 is 5.91 Å². The summed E-state index contributed by atoms with van der Waals surface area (Å²) in [6.45, 7) is 1.38. The summed E-state index contributed by atoms with van der Waals surface area (Å²) in [7, 11) is 1.59. The Morgan fingerprint density at radius 2 is 2.47 bits per heavy atom. The fourth-order valence-corrected chi connectivity index (χ4v) is 1.88. The Kier molecular flexibility index (Phi) is 3.98. The van der Waals surface area contributed by atoms with Gasteiger partial charge in [0.1, 0.15) is 5.75 Å². The lowest BCUT2D eigenvalue weighted by Crippen LogP contribution is -2.31. The maximum absolute atomic E-state index is 11.8. The molecule has 0 spiro atoms. The van der Waals surface area contributed by atoms with E-state index in [1.165, 1.54) is 0 Å². The first kappa shape index (κ1) is 11.9. The highest BCUT2D eigenvalue weighted by Crippen LogP contribution is 2.13. The van der Waals surface area contributed by atoms with Crippen molar-refractivity contribution < 1.29 is 14.3 Å². The lowest BCUT2D eigenvalue weighted by atomic mass is 10.2. The zero-order valence-electron chi connectivity index (χ0n) is 9.94. The van der Waals surface area contributed by atoms with Gasteiger partial charge < -0.3 is 14.8 Å². The first-order chi connectivity index (χ1) is 8.29. The molecule has 0 aromatic heterocycles. The van der Waals surface area contributed by atoms with Crippen LogP contribution in [0.25, 0.3) is 0 Å². The predicted molar refractivity (Wildman–Crippen MR) is 64.3 cm³/mol. The molecule has 1 atom stereocenters. The topological polar surface area (TPSA) is 47.6 Å². The van der Waals surface area contributed by atoms with Crippen LogP contribution in [0.4, 0.5) is 0 Å². The van der Waals surface area contributed by atoms with Crippen LogP contribution in [0.15, 0.2) is 24.3 Å². The Morgan fingerprint density at radius 3 is 3.18 bits per heavy atom. The van der Waals surface area contributed by atoms with Crippen molar-refractivity contribution in [2.45, 2.75) is 18.9 Å². The number of nitrogens with one attached hydrogen (secondary N) is 1. The van der Waals surface area contributed by atoms with Crippen LogP contribution in [-0.2, 0) is 4.74 Å². The molecule has 1 N–H and O–H groups in total. The van der Waals surface area contributed by atoms with Gasteiger partial charge in [0.05, 0.1) is 13.2 Å². The van der Waals surface area contributed by atoms with Gasteiger partial charge in [-0.1, -0.05) is 6.07 Å². The molecule has 0 radical (unpaired) electrons. The van der Waals surface area contributed by atoms with E-state index in [9.17, 15) is 4.79 Å². The highest BCUT2D eigenvalue weighted by Gasteiger charge is 2.16. The van der Waals surface area contributed by atoms with Gasteiger partial charge in [0.25, 0.3) is 5.91 Å². The van der Waals surface area contributed by atoms with E-state index in [0.717, 1.165) is 19.4 Å². The first-order valence-electron chi connectivity index (χ1n) is 5.83. The molecular weight excluding hydrogens is 218 g/mol. The SMILES string of the molecule is COc1cccc(C(=O)NC[C@H]2CCCO2)c1. The number of carbonyl (C=O) groups is 1. The fourth-order valence-electron chi connectivity index (χ4n) is 1.88. The highest BCUT2D eigenvalue weighted by molar-refractivity contribution is 5.94. The molecule has 1 amide bonds. The number of ether oxygens (including phenoxy) is 2. The van der Waals surface area contributed by atoms with Crippen LogP contribution in [0, 0.1) is 0 Å². The van der Waals surface area contributed by atoms with Crippen molar-refractivity contribution in [3.05, 3.63) is 29.8 Å². The van der Waals surface area contributed by atoms with Gasteiger partial charge in [-0.05, 0) is 31.0 Å². The second-order valence-corrected chi connectivity index (χ2v) is 4.08. The van der Waals surface area contributed by atoms with Crippen molar-refractivity contribution in [3.8, 4) is 5.75 Å². The van der Waals surface area contributed by atoms with Crippen molar-refractivity contribution in [3.63, 3.8) is 0 Å². The first-order valence-corrected chi connectivity index (χ1v) is 5.83. The molecule has 4 heteroatoms. The monoisotopic (exact) mass is 235 g/mol. The number of hydrogen-bond acceptors (Lipinski definition) is 3. The molecule has 0 bridgehead atoms. The summed E-state index contributed by atoms with van der Waals surface area (Å²) < 4.78 is 10.5. The van der Waals surface area contributed by atoms with Crippen LogP contribution in [0.1, 0.15) is 23.2 Å². The van der Waals surface area contributed by atoms with Crippen LogP contribution in [-0.4, -0.2) is 32.3 Å². The quantitative estimate of drug-likeness (QED) is 0.862. The molecule has 1 aliphatic rings. The minimum atomic E-state index is -0.0839. The van der Waals surface area contributed by atoms with Crippen LogP contribution < -0.4 is 10.1 Å². The number of benzene rings is 1. The van der Waals surface area contributed by atoms with Gasteiger partial charge in [0, 0.05) is 18.7 Å². The summed E-state index contributed by atoms with van der Waals surface area (Å²) in [5, 5.41) is 2.87. The van der Waals surface area contributed by atoms with Crippen molar-refractivity contribution in [2.24, 2.45) is 0 Å². The highest BCUT2D eigenvalue weighted by atomic mass is 16.5. The molecule has 1 aromatic rings. The van der Waals surface area contributed by atoms with Gasteiger partial charge in [0.15, 0.2) is 0 Å². The van der Waals surface area contributed by atoms with Gasteiger partial charge >= 0.3 is 0 Å². The summed E-state index contributed by atoms with van der Waals surface area (Å²) in [4.78, 5) is 11.8. The minimum Gasteiger partial charge on any atom is -0.497 e. The standard InChI is InChI=1S/C13H17NO3/c1-16-11-5-2-4-10(8-11)13(15)14-9-12-6-3-7-17-12/h2,4-5,8,12H,3,6-7,9H2,1H3,(H,14,15)/t12-/m1/s1. The Morgan fingerprint density at radius 1 is 1.59 bits per heavy atom. The zero-order valence-corrected chi connectivity index (χ0v) is 9.94. The number of rotatable bonds is 4. The third-order valence-electron chi connectivity index (χ3n) is 2.85. The number of amides is 1. The van der Waals surface area contributed by atoms with Gasteiger partial charge in [0.2, 0.25) is 0 Å². The van der Waals surface area contributed by atoms with E-state index in [2.05, 4.69) is 5.32 Å². The van der Waals surface area contributed by atoms with Crippen molar-refractivity contribution in [2.75, 3.05) is 20.3 Å². The number of carbonyl (C=O) groups excluding carboxylic acids is 1. The third kappa shape index (κ3) is 3.20. The lowest BCUT2D eigenvalue weighted by molar-refractivity contribution is 0.0857. The largest absolute Gasteiger partial charge is 0.497 e. The molecule has 4 nitrogen and oxygen atoms in total. The van der Waals surface area contributed by atoms with Crippen LogP contribution >= 0.6 is 0 Å². The molecule has 0 unspecified atom stereocenters. The smallest absolute Gasteiger partial charge is 0.251 e. The average Bonchev–Trinajstić information content (AvgIpc) is 2.89. The molecule has 1 aliphatic heterocycles. The van der Waals surface area contributed by atoms with Crippen LogP contribution in [0.2, 0.25) is 0 Å². The molecule has 1 fully saturated rings. The van der Waals surface area contributed by atoms with Gasteiger partial charge in [-0.3, -0.25) is 4.79 Å². The Hall–Kier alpha value is -1.55. The van der Waals surface area contributed by atoms with E-state index < -0.39 is 0 Å². The van der Waals surface area contributed by atoms with Gasteiger partial charge in [-0.15, -0.1) is 0 Å². The van der Waals surface area contributed by atoms with Crippen molar-refractivity contribution in [1.29, 1.82) is 0 Å². The van der Waals surface area contributed by atoms with Crippen LogP contribution in [0.3, 0.4) is 0 Å².